The zero-order valence-corrected chi connectivity index (χ0v) is 12.3. The Balaban J connectivity index is 2.52. The van der Waals surface area contributed by atoms with Gasteiger partial charge >= 0.3 is 0 Å². The van der Waals surface area contributed by atoms with Gasteiger partial charge < -0.3 is 0 Å². The van der Waals surface area contributed by atoms with E-state index in [1.54, 1.807) is 0 Å². The van der Waals surface area contributed by atoms with Crippen LogP contribution in [0, 0.1) is 11.8 Å². The van der Waals surface area contributed by atoms with Crippen LogP contribution in [0.5, 0.6) is 0 Å². The van der Waals surface area contributed by atoms with Crippen LogP contribution in [0.4, 0.5) is 0 Å². The minimum absolute atomic E-state index is 0.231. The zero-order chi connectivity index (χ0) is 18.8. The van der Waals surface area contributed by atoms with E-state index in [-0.39, 0.29) is 11.9 Å². The predicted molar refractivity (Wildman–Crippen MR) is 74.7 cm³/mol. The maximum Gasteiger partial charge on any atom is 0.243 e. The van der Waals surface area contributed by atoms with E-state index in [1.165, 1.54) is 0 Å². The van der Waals surface area contributed by atoms with Gasteiger partial charge in [-0.1, -0.05) is 35.3 Å². The molecule has 2 atom stereocenters. The lowest BCUT2D eigenvalue weighted by Crippen LogP contribution is -2.31. The van der Waals surface area contributed by atoms with Gasteiger partial charge in [-0.05, 0) is 12.7 Å². The highest BCUT2D eigenvalue weighted by Gasteiger charge is 2.51. The molecule has 2 aliphatic rings. The Morgan fingerprint density at radius 1 is 1.33 bits per heavy atom. The molecule has 3 nitrogen and oxygen atoms in total. The minimum atomic E-state index is -2.70. The summed E-state index contributed by atoms with van der Waals surface area (Å²) in [6.45, 7) is 0. The fraction of sp³-hybridized carbons (Fsp3) is 0.600. The number of fused-ring (bicyclic) bond motifs is 1. The zero-order valence-electron chi connectivity index (χ0n) is 14.4. The molecule has 18 heavy (non-hydrogen) atoms. The van der Waals surface area contributed by atoms with Crippen LogP contribution in [0.2, 0.25) is 0 Å². The molecular weight excluding hydrogens is 340 g/mol. The van der Waals surface area contributed by atoms with E-state index in [0.717, 1.165) is 0 Å². The molecule has 2 rings (SSSR count). The summed E-state index contributed by atoms with van der Waals surface area (Å²) in [7, 11) is 0. The van der Waals surface area contributed by atoms with Crippen molar-refractivity contribution in [1.82, 2.24) is 4.31 Å². The van der Waals surface area contributed by atoms with Gasteiger partial charge in [-0.25, -0.2) is 4.31 Å². The van der Waals surface area contributed by atoms with Crippen molar-refractivity contribution in [2.24, 2.45) is 11.8 Å². The fourth-order valence-corrected chi connectivity index (χ4v) is 2.80. The molecular formula is C10H9Cl4NO2S. The molecule has 0 bridgehead atoms. The maximum atomic E-state index is 12.5. The molecule has 0 radical (unpaired) electrons. The van der Waals surface area contributed by atoms with Crippen molar-refractivity contribution in [3.8, 4) is 0 Å². The lowest BCUT2D eigenvalue weighted by Gasteiger charge is -2.24. The Labute approximate surface area is 137 Å². The molecule has 2 amide bonds. The summed E-state index contributed by atoms with van der Waals surface area (Å²) < 4.78 is 45.3. The fourth-order valence-electron chi connectivity index (χ4n) is 1.42. The topological polar surface area (TPSA) is 37.4 Å². The number of carbonyl (C=O) groups excluding carboxylic acids is 2. The minimum Gasteiger partial charge on any atom is -0.273 e. The molecule has 1 fully saturated rings. The maximum absolute atomic E-state index is 12.5. The van der Waals surface area contributed by atoms with Crippen molar-refractivity contribution in [3.05, 3.63) is 12.1 Å². The van der Waals surface area contributed by atoms with Crippen LogP contribution in [-0.4, -0.2) is 24.6 Å². The molecule has 0 unspecified atom stereocenters. The molecule has 8 heteroatoms. The van der Waals surface area contributed by atoms with E-state index in [4.69, 9.17) is 54.6 Å². The van der Waals surface area contributed by atoms with E-state index in [9.17, 15) is 9.59 Å². The first kappa shape index (κ1) is 8.63. The SMILES string of the molecule is [2H]C1=C([2H])C([2H])([2H])[C@H]2C(=O)N(SC(Cl)(Cl)C(Cl)Cl)C(=O)[C@H]2C1([2H])[2H]. The Kier molecular flexibility index (Phi) is 2.59. The van der Waals surface area contributed by atoms with Crippen LogP contribution in [-0.2, 0) is 9.59 Å². The third kappa shape index (κ3) is 2.63. The Bertz CT molecular complexity index is 601. The average Bonchev–Trinajstić information content (AvgIpc) is 2.69. The number of hydrogen-bond donors (Lipinski definition) is 0. The first-order chi connectivity index (χ1) is 10.7. The molecule has 100 valence electrons. The highest BCUT2D eigenvalue weighted by molar-refractivity contribution is 8.02. The third-order valence-corrected chi connectivity index (χ3v) is 5.48. The van der Waals surface area contributed by atoms with E-state index in [0.29, 0.717) is 4.31 Å². The standard InChI is InChI=1S/C10H9Cl4NO2S/c11-9(12)10(13,14)18-15-7(16)5-3-1-2-4-6(5)8(15)17/h1-2,5-6,9H,3-4H2/t5-,6+/i1D,2D,3D2,4D2. The van der Waals surface area contributed by atoms with Gasteiger partial charge in [0.15, 0.2) is 4.84 Å². The molecule has 1 heterocycles. The van der Waals surface area contributed by atoms with Crippen molar-refractivity contribution in [2.45, 2.75) is 21.2 Å². The summed E-state index contributed by atoms with van der Waals surface area (Å²) in [5, 5.41) is 0. The molecule has 1 saturated heterocycles. The second-order valence-electron chi connectivity index (χ2n) is 3.42. The summed E-state index contributed by atoms with van der Waals surface area (Å²) in [6.07, 6.45) is -5.39. The first-order valence-electron chi connectivity index (χ1n) is 7.58. The van der Waals surface area contributed by atoms with Crippen LogP contribution in [0.3, 0.4) is 0 Å². The first-order valence-corrected chi connectivity index (χ1v) is 6.99. The number of amides is 2. The van der Waals surface area contributed by atoms with Crippen molar-refractivity contribution in [1.29, 1.82) is 0 Å². The van der Waals surface area contributed by atoms with Crippen LogP contribution >= 0.6 is 58.4 Å². The van der Waals surface area contributed by atoms with Crippen molar-refractivity contribution in [2.75, 3.05) is 0 Å². The summed E-state index contributed by atoms with van der Waals surface area (Å²) in [6, 6.07) is -1.98. The van der Waals surface area contributed by atoms with Gasteiger partial charge in [-0.3, -0.25) is 9.59 Å². The number of hydrogen-bond acceptors (Lipinski definition) is 3. The second kappa shape index (κ2) is 5.41. The van der Waals surface area contributed by atoms with Gasteiger partial charge in [0.05, 0.1) is 14.6 Å². The van der Waals surface area contributed by atoms with Crippen molar-refractivity contribution >= 4 is 70.2 Å². The smallest absolute Gasteiger partial charge is 0.243 e. The molecule has 0 aromatic carbocycles. The quantitative estimate of drug-likeness (QED) is 0.337. The van der Waals surface area contributed by atoms with E-state index < -0.39 is 57.0 Å². The second-order valence-corrected chi connectivity index (χ2v) is 7.54. The largest absolute Gasteiger partial charge is 0.273 e. The molecule has 1 aliphatic carbocycles. The summed E-state index contributed by atoms with van der Waals surface area (Å²) in [5.41, 5.74) is 0. The Morgan fingerprint density at radius 3 is 2.17 bits per heavy atom. The molecule has 1 aliphatic heterocycles. The number of imide groups is 1. The van der Waals surface area contributed by atoms with Gasteiger partial charge in [0.25, 0.3) is 0 Å². The van der Waals surface area contributed by atoms with E-state index in [2.05, 4.69) is 0 Å². The summed E-state index contributed by atoms with van der Waals surface area (Å²) in [5.74, 6) is -5.86. The molecule has 0 saturated carbocycles. The van der Waals surface area contributed by atoms with E-state index >= 15 is 0 Å². The lowest BCUT2D eigenvalue weighted by molar-refractivity contribution is -0.133. The number of allylic oxidation sites excluding steroid dienone is 2. The molecule has 0 N–H and O–H groups in total. The van der Waals surface area contributed by atoms with Gasteiger partial charge in [-0.15, -0.1) is 23.2 Å². The van der Waals surface area contributed by atoms with Gasteiger partial charge in [-0.2, -0.15) is 0 Å². The number of rotatable bonds is 3. The average molecular weight is 355 g/mol. The van der Waals surface area contributed by atoms with E-state index in [1.807, 2.05) is 0 Å². The van der Waals surface area contributed by atoms with Crippen LogP contribution in [0.15, 0.2) is 12.1 Å². The molecule has 0 aromatic rings. The molecule has 0 aromatic heterocycles. The number of halogens is 4. The highest BCUT2D eigenvalue weighted by Crippen LogP contribution is 2.48. The number of alkyl halides is 4. The number of nitrogens with zero attached hydrogens (tertiary/aromatic N) is 1. The highest BCUT2D eigenvalue weighted by atomic mass is 35.5. The van der Waals surface area contributed by atoms with Gasteiger partial charge in [0.1, 0.15) is 0 Å². The molecule has 0 spiro atoms. The third-order valence-electron chi connectivity index (χ3n) is 2.25. The van der Waals surface area contributed by atoms with Gasteiger partial charge in [0.2, 0.25) is 15.5 Å². The van der Waals surface area contributed by atoms with Crippen molar-refractivity contribution < 1.29 is 17.8 Å². The predicted octanol–water partition coefficient (Wildman–Crippen LogP) is 3.52. The van der Waals surface area contributed by atoms with Crippen LogP contribution < -0.4 is 0 Å². The van der Waals surface area contributed by atoms with Crippen LogP contribution in [0.1, 0.15) is 21.0 Å². The Hall–Kier alpha value is 0.390. The Morgan fingerprint density at radius 2 is 1.78 bits per heavy atom. The monoisotopic (exact) mass is 353 g/mol. The summed E-state index contributed by atoms with van der Waals surface area (Å²) >= 11 is 23.0. The van der Waals surface area contributed by atoms with Gasteiger partial charge in [0, 0.05) is 17.4 Å². The number of carbonyl (C=O) groups is 2. The lowest BCUT2D eigenvalue weighted by atomic mass is 9.85. The van der Waals surface area contributed by atoms with Crippen molar-refractivity contribution in [3.63, 3.8) is 0 Å². The van der Waals surface area contributed by atoms with Crippen LogP contribution in [0.25, 0.3) is 0 Å². The summed E-state index contributed by atoms with van der Waals surface area (Å²) in [4.78, 5) is 23.6. The normalized spacial score (nSPS) is 39.7.